The third-order valence-electron chi connectivity index (χ3n) is 6.01. The number of amides is 1. The lowest BCUT2D eigenvalue weighted by molar-refractivity contribution is -0.120. The highest BCUT2D eigenvalue weighted by molar-refractivity contribution is 5.95. The number of methoxy groups -OCH3 is 1. The molecule has 170 valence electrons. The van der Waals surface area contributed by atoms with Crippen molar-refractivity contribution in [2.45, 2.75) is 54.0 Å². The van der Waals surface area contributed by atoms with Gasteiger partial charge in [-0.15, -0.1) is 0 Å². The van der Waals surface area contributed by atoms with E-state index < -0.39 is 0 Å². The molecule has 0 fully saturated rings. The van der Waals surface area contributed by atoms with E-state index in [-0.39, 0.29) is 24.9 Å². The van der Waals surface area contributed by atoms with Crippen LogP contribution in [0.3, 0.4) is 0 Å². The Morgan fingerprint density at radius 3 is 2.12 bits per heavy atom. The number of ether oxygens (including phenoxy) is 1. The third kappa shape index (κ3) is 4.15. The van der Waals surface area contributed by atoms with Gasteiger partial charge >= 0.3 is 5.69 Å². The molecule has 1 aromatic heterocycles. The zero-order chi connectivity index (χ0) is 23.6. The molecular formula is C26H33N3O3. The van der Waals surface area contributed by atoms with Crippen LogP contribution in [0.5, 0.6) is 0 Å². The van der Waals surface area contributed by atoms with E-state index in [9.17, 15) is 9.59 Å². The zero-order valence-corrected chi connectivity index (χ0v) is 20.0. The Morgan fingerprint density at radius 2 is 1.62 bits per heavy atom. The number of aryl methyl sites for hydroxylation is 4. The monoisotopic (exact) mass is 435 g/mol. The van der Waals surface area contributed by atoms with Gasteiger partial charge in [0.1, 0.15) is 13.3 Å². The highest BCUT2D eigenvalue weighted by Crippen LogP contribution is 2.28. The number of fused-ring (bicyclic) bond motifs is 1. The van der Waals surface area contributed by atoms with E-state index in [1.807, 2.05) is 44.2 Å². The van der Waals surface area contributed by atoms with Crippen LogP contribution < -0.4 is 10.6 Å². The van der Waals surface area contributed by atoms with Crippen LogP contribution in [-0.4, -0.2) is 28.9 Å². The molecule has 0 bridgehead atoms. The summed E-state index contributed by atoms with van der Waals surface area (Å²) in [4.78, 5) is 28.6. The first-order valence-electron chi connectivity index (χ1n) is 11.0. The number of allylic oxidation sites excluding steroid dienone is 1. The van der Waals surface area contributed by atoms with Gasteiger partial charge in [0.2, 0.25) is 5.91 Å². The van der Waals surface area contributed by atoms with E-state index in [1.54, 1.807) is 28.1 Å². The van der Waals surface area contributed by atoms with Crippen LogP contribution in [0.4, 0.5) is 5.69 Å². The van der Waals surface area contributed by atoms with Crippen molar-refractivity contribution in [2.24, 2.45) is 0 Å². The first-order valence-corrected chi connectivity index (χ1v) is 11.0. The van der Waals surface area contributed by atoms with E-state index >= 15 is 0 Å². The van der Waals surface area contributed by atoms with Crippen molar-refractivity contribution in [1.29, 1.82) is 0 Å². The maximum absolute atomic E-state index is 13.6. The molecule has 1 heterocycles. The molecule has 0 aliphatic carbocycles. The van der Waals surface area contributed by atoms with Gasteiger partial charge < -0.3 is 4.74 Å². The van der Waals surface area contributed by atoms with Crippen molar-refractivity contribution in [2.75, 3.05) is 18.7 Å². The van der Waals surface area contributed by atoms with Crippen molar-refractivity contribution in [1.82, 2.24) is 9.13 Å². The molecule has 2 aromatic carbocycles. The maximum atomic E-state index is 13.6. The number of hydrogen-bond donors (Lipinski definition) is 0. The highest BCUT2D eigenvalue weighted by Gasteiger charge is 2.24. The minimum Gasteiger partial charge on any atom is -0.364 e. The quantitative estimate of drug-likeness (QED) is 0.483. The van der Waals surface area contributed by atoms with Crippen LogP contribution in [0.1, 0.15) is 43.0 Å². The van der Waals surface area contributed by atoms with Gasteiger partial charge in [-0.05, 0) is 68.0 Å². The predicted molar refractivity (Wildman–Crippen MR) is 131 cm³/mol. The molecular weight excluding hydrogens is 402 g/mol. The molecule has 6 heteroatoms. The lowest BCUT2D eigenvalue weighted by Crippen LogP contribution is -2.39. The van der Waals surface area contributed by atoms with Gasteiger partial charge in [0.15, 0.2) is 0 Å². The molecule has 0 atom stereocenters. The predicted octanol–water partition coefficient (Wildman–Crippen LogP) is 4.67. The largest absolute Gasteiger partial charge is 0.364 e. The Labute approximate surface area is 189 Å². The average Bonchev–Trinajstić information content (AvgIpc) is 3.02. The SMILES string of the molecule is C=C(C)n1c(=O)n(CC(=O)N(COC)c2c(CC)cccc2CC)c2cc(C)c(C)cc21. The minimum atomic E-state index is -0.261. The van der Waals surface area contributed by atoms with Gasteiger partial charge in [0.25, 0.3) is 0 Å². The van der Waals surface area contributed by atoms with E-state index in [0.29, 0.717) is 5.70 Å². The molecule has 0 radical (unpaired) electrons. The molecule has 1 amide bonds. The smallest absolute Gasteiger partial charge is 0.333 e. The number of carbonyl (C=O) groups is 1. The first kappa shape index (κ1) is 23.5. The second-order valence-corrected chi connectivity index (χ2v) is 8.24. The van der Waals surface area contributed by atoms with Gasteiger partial charge in [0.05, 0.1) is 16.7 Å². The maximum Gasteiger partial charge on any atom is 0.333 e. The second kappa shape index (κ2) is 9.57. The normalized spacial score (nSPS) is 11.2. The number of hydrogen-bond acceptors (Lipinski definition) is 3. The van der Waals surface area contributed by atoms with Crippen molar-refractivity contribution >= 4 is 28.3 Å². The Balaban J connectivity index is 2.15. The van der Waals surface area contributed by atoms with E-state index in [0.717, 1.165) is 51.8 Å². The number of benzene rings is 2. The summed E-state index contributed by atoms with van der Waals surface area (Å²) < 4.78 is 8.53. The molecule has 0 spiro atoms. The first-order chi connectivity index (χ1) is 15.2. The summed E-state index contributed by atoms with van der Waals surface area (Å²) in [6.45, 7) is 14.0. The summed E-state index contributed by atoms with van der Waals surface area (Å²) in [5.41, 5.74) is 7.04. The van der Waals surface area contributed by atoms with Crippen LogP contribution in [0.15, 0.2) is 41.7 Å². The molecule has 0 unspecified atom stereocenters. The summed E-state index contributed by atoms with van der Waals surface area (Å²) >= 11 is 0. The molecule has 0 saturated carbocycles. The lowest BCUT2D eigenvalue weighted by Gasteiger charge is -2.27. The number of imidazole rings is 1. The lowest BCUT2D eigenvalue weighted by atomic mass is 10.0. The van der Waals surface area contributed by atoms with Crippen molar-refractivity contribution in [3.63, 3.8) is 0 Å². The zero-order valence-electron chi connectivity index (χ0n) is 20.0. The number of aromatic nitrogens is 2. The van der Waals surface area contributed by atoms with E-state index in [2.05, 4.69) is 20.4 Å². The summed E-state index contributed by atoms with van der Waals surface area (Å²) in [5.74, 6) is -0.191. The number of para-hydroxylation sites is 1. The molecule has 3 aromatic rings. The Hall–Kier alpha value is -3.12. The van der Waals surface area contributed by atoms with Gasteiger partial charge in [-0.3, -0.25) is 18.8 Å². The molecule has 0 aliphatic heterocycles. The fraction of sp³-hybridized carbons (Fsp3) is 0.385. The number of carbonyl (C=O) groups excluding carboxylic acids is 1. The summed E-state index contributed by atoms with van der Waals surface area (Å²) in [6.07, 6.45) is 1.59. The highest BCUT2D eigenvalue weighted by atomic mass is 16.5. The fourth-order valence-electron chi connectivity index (χ4n) is 4.20. The topological polar surface area (TPSA) is 56.5 Å². The Morgan fingerprint density at radius 1 is 1.06 bits per heavy atom. The molecule has 0 aliphatic rings. The van der Waals surface area contributed by atoms with Crippen molar-refractivity contribution in [3.8, 4) is 0 Å². The van der Waals surface area contributed by atoms with E-state index in [1.165, 1.54) is 0 Å². The number of anilines is 1. The Kier molecular flexibility index (Phi) is 7.04. The fourth-order valence-corrected chi connectivity index (χ4v) is 4.20. The standard InChI is InChI=1S/C26H33N3O3/c1-8-20-11-10-12-21(9-2)25(20)28(16-32-7)24(30)15-27-22-13-18(5)19(6)14-23(22)29(17(3)4)26(27)31/h10-14H,3,8-9,15-16H2,1-2,4-7H3. The van der Waals surface area contributed by atoms with Crippen LogP contribution in [0.25, 0.3) is 16.7 Å². The molecule has 32 heavy (non-hydrogen) atoms. The van der Waals surface area contributed by atoms with E-state index in [4.69, 9.17) is 4.74 Å². The van der Waals surface area contributed by atoms with Crippen LogP contribution >= 0.6 is 0 Å². The van der Waals surface area contributed by atoms with Crippen molar-refractivity contribution < 1.29 is 9.53 Å². The minimum absolute atomic E-state index is 0.0807. The van der Waals surface area contributed by atoms with Gasteiger partial charge in [0, 0.05) is 12.8 Å². The van der Waals surface area contributed by atoms with Crippen LogP contribution in [-0.2, 0) is 28.9 Å². The van der Waals surface area contributed by atoms with Gasteiger partial charge in [-0.25, -0.2) is 4.79 Å². The Bertz CT molecular complexity index is 1210. The molecule has 0 N–H and O–H groups in total. The molecule has 0 saturated heterocycles. The van der Waals surface area contributed by atoms with Crippen LogP contribution in [0, 0.1) is 13.8 Å². The van der Waals surface area contributed by atoms with Crippen molar-refractivity contribution in [3.05, 3.63) is 69.6 Å². The number of nitrogens with zero attached hydrogens (tertiary/aromatic N) is 3. The van der Waals surface area contributed by atoms with Crippen LogP contribution in [0.2, 0.25) is 0 Å². The second-order valence-electron chi connectivity index (χ2n) is 8.24. The summed E-state index contributed by atoms with van der Waals surface area (Å²) in [6, 6.07) is 10.0. The molecule has 6 nitrogen and oxygen atoms in total. The summed E-state index contributed by atoms with van der Waals surface area (Å²) in [7, 11) is 1.58. The van der Waals surface area contributed by atoms with Gasteiger partial charge in [-0.2, -0.15) is 0 Å². The van der Waals surface area contributed by atoms with Gasteiger partial charge in [-0.1, -0.05) is 38.6 Å². The number of rotatable bonds is 8. The molecule has 3 rings (SSSR count). The third-order valence-corrected chi connectivity index (χ3v) is 6.01. The summed E-state index contributed by atoms with van der Waals surface area (Å²) in [5, 5.41) is 0. The average molecular weight is 436 g/mol.